The van der Waals surface area contributed by atoms with Crippen LogP contribution in [0.3, 0.4) is 0 Å². The van der Waals surface area contributed by atoms with Crippen molar-refractivity contribution in [2.24, 2.45) is 4.99 Å². The molecule has 0 spiro atoms. The lowest BCUT2D eigenvalue weighted by Gasteiger charge is -2.15. The smallest absolute Gasteiger partial charge is 0.387 e. The molecule has 11 heteroatoms. The molecule has 1 aromatic heterocycles. The van der Waals surface area contributed by atoms with Crippen molar-refractivity contribution in [3.63, 3.8) is 0 Å². The fourth-order valence-corrected chi connectivity index (χ4v) is 2.98. The van der Waals surface area contributed by atoms with Crippen molar-refractivity contribution >= 4 is 29.9 Å². The van der Waals surface area contributed by atoms with E-state index in [1.165, 1.54) is 25.6 Å². The van der Waals surface area contributed by atoms with Crippen molar-refractivity contribution in [3.05, 3.63) is 72.1 Å². The van der Waals surface area contributed by atoms with Crippen LogP contribution >= 0.6 is 24.0 Å². The Morgan fingerprint density at radius 3 is 2.64 bits per heavy atom. The number of hydrogen-bond donors (Lipinski definition) is 2. The summed E-state index contributed by atoms with van der Waals surface area (Å²) in [6, 6.07) is 9.44. The summed E-state index contributed by atoms with van der Waals surface area (Å²) in [5.41, 5.74) is 1.54. The maximum absolute atomic E-state index is 14.5. The summed E-state index contributed by atoms with van der Waals surface area (Å²) >= 11 is 0. The number of imidazole rings is 1. The molecule has 0 aliphatic carbocycles. The molecular weight excluding hydrogens is 550 g/mol. The van der Waals surface area contributed by atoms with Gasteiger partial charge in [0.05, 0.1) is 25.7 Å². The molecule has 2 N–H and O–H groups in total. The Morgan fingerprint density at radius 2 is 2.00 bits per heavy atom. The van der Waals surface area contributed by atoms with Crippen LogP contribution in [0.4, 0.5) is 13.2 Å². The summed E-state index contributed by atoms with van der Waals surface area (Å²) in [6.07, 6.45) is 4.76. The Morgan fingerprint density at radius 1 is 1.18 bits per heavy atom. The topological polar surface area (TPSA) is 72.7 Å². The molecule has 2 aromatic carbocycles. The predicted molar refractivity (Wildman–Crippen MR) is 130 cm³/mol. The Balaban J connectivity index is 0.00000385. The highest BCUT2D eigenvalue weighted by Gasteiger charge is 2.12. The summed E-state index contributed by atoms with van der Waals surface area (Å²) in [7, 11) is 1.49. The number of halogens is 4. The quantitative estimate of drug-likeness (QED) is 0.224. The number of ether oxygens (including phenoxy) is 2. The maximum Gasteiger partial charge on any atom is 0.387 e. The highest BCUT2D eigenvalue weighted by Crippen LogP contribution is 2.25. The first kappa shape index (κ1) is 26.3. The van der Waals surface area contributed by atoms with Crippen LogP contribution in [-0.2, 0) is 13.1 Å². The van der Waals surface area contributed by atoms with Crippen LogP contribution in [0.2, 0.25) is 0 Å². The Hall–Kier alpha value is -2.96. The summed E-state index contributed by atoms with van der Waals surface area (Å²) in [5.74, 6) is 0.608. The van der Waals surface area contributed by atoms with Gasteiger partial charge in [0, 0.05) is 31.0 Å². The van der Waals surface area contributed by atoms with Gasteiger partial charge in [0.25, 0.3) is 0 Å². The van der Waals surface area contributed by atoms with E-state index in [1.54, 1.807) is 41.2 Å². The Labute approximate surface area is 207 Å². The van der Waals surface area contributed by atoms with E-state index in [1.807, 2.05) is 6.92 Å². The minimum Gasteiger partial charge on any atom is -0.497 e. The largest absolute Gasteiger partial charge is 0.497 e. The molecule has 3 rings (SSSR count). The van der Waals surface area contributed by atoms with Gasteiger partial charge in [0.2, 0.25) is 0 Å². The number of nitrogens with one attached hydrogen (secondary N) is 2. The first-order valence-electron chi connectivity index (χ1n) is 9.90. The lowest BCUT2D eigenvalue weighted by Crippen LogP contribution is -2.36. The Kier molecular flexibility index (Phi) is 10.3. The number of benzene rings is 2. The molecule has 0 saturated heterocycles. The first-order valence-corrected chi connectivity index (χ1v) is 9.90. The SMILES string of the molecule is CCNC(=NCc1ccc(-n2ccnc2)c(F)c1)NCc1cc(OC)ccc1OC(F)F.I. The van der Waals surface area contributed by atoms with Crippen LogP contribution in [0.15, 0.2) is 60.1 Å². The lowest BCUT2D eigenvalue weighted by molar-refractivity contribution is -0.0505. The molecule has 3 aromatic rings. The number of nitrogens with zero attached hydrogens (tertiary/aromatic N) is 3. The van der Waals surface area contributed by atoms with Crippen LogP contribution in [0, 0.1) is 5.82 Å². The zero-order chi connectivity index (χ0) is 22.9. The third-order valence-corrected chi connectivity index (χ3v) is 4.49. The van der Waals surface area contributed by atoms with Crippen LogP contribution in [0.5, 0.6) is 11.5 Å². The molecule has 0 unspecified atom stereocenters. The summed E-state index contributed by atoms with van der Waals surface area (Å²) < 4.78 is 51.2. The van der Waals surface area contributed by atoms with E-state index in [-0.39, 0.29) is 48.6 Å². The summed E-state index contributed by atoms with van der Waals surface area (Å²) in [5, 5.41) is 6.15. The normalized spacial score (nSPS) is 11.2. The number of methoxy groups -OCH3 is 1. The number of alkyl halides is 2. The predicted octanol–water partition coefficient (Wildman–Crippen LogP) is 4.49. The number of aliphatic imine (C=N–C) groups is 1. The molecule has 7 nitrogen and oxygen atoms in total. The second-order valence-electron chi connectivity index (χ2n) is 6.66. The minimum absolute atomic E-state index is 0. The molecule has 178 valence electrons. The molecule has 0 aliphatic heterocycles. The highest BCUT2D eigenvalue weighted by molar-refractivity contribution is 14.0. The number of guanidine groups is 1. The third kappa shape index (κ3) is 7.55. The van der Waals surface area contributed by atoms with Crippen molar-refractivity contribution in [3.8, 4) is 17.2 Å². The average molecular weight is 575 g/mol. The fraction of sp³-hybridized carbons (Fsp3) is 0.273. The van der Waals surface area contributed by atoms with Gasteiger partial charge in [-0.1, -0.05) is 6.07 Å². The lowest BCUT2D eigenvalue weighted by atomic mass is 10.2. The zero-order valence-corrected chi connectivity index (χ0v) is 20.4. The van der Waals surface area contributed by atoms with Crippen molar-refractivity contribution in [2.75, 3.05) is 13.7 Å². The van der Waals surface area contributed by atoms with E-state index >= 15 is 0 Å². The van der Waals surface area contributed by atoms with Crippen molar-refractivity contribution in [2.45, 2.75) is 26.6 Å². The maximum atomic E-state index is 14.5. The van der Waals surface area contributed by atoms with E-state index in [0.717, 1.165) is 0 Å². The van der Waals surface area contributed by atoms with Crippen LogP contribution < -0.4 is 20.1 Å². The van der Waals surface area contributed by atoms with Gasteiger partial charge in [-0.3, -0.25) is 0 Å². The standard InChI is InChI=1S/C22H24F3N5O2.HI/c1-3-27-22(29-13-16-11-17(31-2)5-7-20(16)32-21(24)25)28-12-15-4-6-19(18(23)10-15)30-9-8-26-14-30;/h4-11,14,21H,3,12-13H2,1-2H3,(H2,27,28,29);1H. The number of aromatic nitrogens is 2. The second-order valence-corrected chi connectivity index (χ2v) is 6.66. The fourth-order valence-electron chi connectivity index (χ4n) is 2.98. The molecule has 0 saturated carbocycles. The minimum atomic E-state index is -2.94. The molecule has 0 aliphatic rings. The van der Waals surface area contributed by atoms with E-state index < -0.39 is 6.61 Å². The van der Waals surface area contributed by atoms with Gasteiger partial charge in [-0.05, 0) is 42.8 Å². The van der Waals surface area contributed by atoms with Gasteiger partial charge in [-0.25, -0.2) is 14.4 Å². The van der Waals surface area contributed by atoms with Gasteiger partial charge in [-0.2, -0.15) is 8.78 Å². The monoisotopic (exact) mass is 575 g/mol. The van der Waals surface area contributed by atoms with Crippen LogP contribution in [0.25, 0.3) is 5.69 Å². The highest BCUT2D eigenvalue weighted by atomic mass is 127. The van der Waals surface area contributed by atoms with E-state index in [2.05, 4.69) is 25.3 Å². The van der Waals surface area contributed by atoms with E-state index in [0.29, 0.717) is 35.1 Å². The molecule has 0 bridgehead atoms. The Bertz CT molecular complexity index is 1050. The molecule has 0 fully saturated rings. The number of rotatable bonds is 9. The molecule has 0 radical (unpaired) electrons. The summed E-state index contributed by atoms with van der Waals surface area (Å²) in [4.78, 5) is 8.37. The first-order chi connectivity index (χ1) is 15.5. The summed E-state index contributed by atoms with van der Waals surface area (Å²) in [6.45, 7) is -0.0795. The van der Waals surface area contributed by atoms with Crippen molar-refractivity contribution in [1.29, 1.82) is 0 Å². The van der Waals surface area contributed by atoms with Gasteiger partial charge >= 0.3 is 6.61 Å². The molecular formula is C22H25F3IN5O2. The van der Waals surface area contributed by atoms with Crippen LogP contribution in [0.1, 0.15) is 18.1 Å². The molecule has 0 atom stereocenters. The average Bonchev–Trinajstić information content (AvgIpc) is 3.30. The molecule has 1 heterocycles. The van der Waals surface area contributed by atoms with E-state index in [4.69, 9.17) is 4.74 Å². The number of hydrogen-bond acceptors (Lipinski definition) is 4. The van der Waals surface area contributed by atoms with Crippen LogP contribution in [-0.4, -0.2) is 35.8 Å². The van der Waals surface area contributed by atoms with E-state index in [9.17, 15) is 13.2 Å². The van der Waals surface area contributed by atoms with Gasteiger partial charge < -0.3 is 24.7 Å². The zero-order valence-electron chi connectivity index (χ0n) is 18.1. The third-order valence-electron chi connectivity index (χ3n) is 4.49. The molecule has 0 amide bonds. The molecule has 33 heavy (non-hydrogen) atoms. The van der Waals surface area contributed by atoms with Crippen molar-refractivity contribution in [1.82, 2.24) is 20.2 Å². The van der Waals surface area contributed by atoms with Crippen molar-refractivity contribution < 1.29 is 22.6 Å². The van der Waals surface area contributed by atoms with Gasteiger partial charge in [0.1, 0.15) is 17.3 Å². The van der Waals surface area contributed by atoms with Gasteiger partial charge in [-0.15, -0.1) is 24.0 Å². The second kappa shape index (κ2) is 12.9. The van der Waals surface area contributed by atoms with Gasteiger partial charge in [0.15, 0.2) is 5.96 Å².